The van der Waals surface area contributed by atoms with Gasteiger partial charge in [0.15, 0.2) is 11.5 Å². The van der Waals surface area contributed by atoms with Gasteiger partial charge in [-0.05, 0) is 81.4 Å². The summed E-state index contributed by atoms with van der Waals surface area (Å²) in [6.07, 6.45) is -7.18. The molecule has 0 aliphatic carbocycles. The second-order valence-electron chi connectivity index (χ2n) is 18.7. The van der Waals surface area contributed by atoms with Gasteiger partial charge in [-0.15, -0.1) is 0 Å². The zero-order valence-electron chi connectivity index (χ0n) is 43.2. The van der Waals surface area contributed by atoms with E-state index in [4.69, 9.17) is 34.7 Å². The summed E-state index contributed by atoms with van der Waals surface area (Å²) in [4.78, 5) is 73.0. The Bertz CT molecular complexity index is 3700. The Morgan fingerprint density at radius 2 is 1.27 bits per heavy atom. The number of carbonyl (C=O) groups excluding carboxylic acids is 5. The van der Waals surface area contributed by atoms with E-state index in [0.29, 0.717) is 23.4 Å². The molecular weight excluding hydrogens is 1120 g/mol. The Hall–Kier alpha value is -9.32. The lowest BCUT2D eigenvalue weighted by atomic mass is 9.89. The number of ether oxygens (including phenoxy) is 4. The van der Waals surface area contributed by atoms with Crippen LogP contribution in [0.15, 0.2) is 152 Å². The summed E-state index contributed by atoms with van der Waals surface area (Å²) in [5.74, 6) is -10.6. The number of benzene rings is 7. The highest BCUT2D eigenvalue weighted by molar-refractivity contribution is 7.86. The minimum atomic E-state index is -5.66. The van der Waals surface area contributed by atoms with Gasteiger partial charge in [-0.3, -0.25) is 24.0 Å². The number of nitrogens with one attached hydrogen (secondary N) is 5. The van der Waals surface area contributed by atoms with Crippen LogP contribution in [0.25, 0.3) is 11.1 Å². The summed E-state index contributed by atoms with van der Waals surface area (Å²) >= 11 is 6.69. The second-order valence-corrected chi connectivity index (χ2v) is 20.7. The molecule has 8 bridgehead atoms. The number of phenolic OH excluding ortho intramolecular Hbond substituents is 1. The van der Waals surface area contributed by atoms with Crippen LogP contribution in [0.4, 0.5) is 13.2 Å². The van der Waals surface area contributed by atoms with Crippen LogP contribution in [0.2, 0.25) is 5.02 Å². The Morgan fingerprint density at radius 1 is 0.671 bits per heavy atom. The van der Waals surface area contributed by atoms with Gasteiger partial charge in [0.1, 0.15) is 73.1 Å². The predicted molar refractivity (Wildman–Crippen MR) is 289 cm³/mol. The molecule has 7 N–H and O–H groups in total. The number of alkyl halides is 3. The molecule has 0 aromatic heterocycles. The van der Waals surface area contributed by atoms with Crippen molar-refractivity contribution in [3.05, 3.63) is 196 Å². The van der Waals surface area contributed by atoms with Crippen LogP contribution in [0.3, 0.4) is 0 Å². The largest absolute Gasteiger partial charge is 0.502 e. The SMILES string of the molecule is CNC(=O)[C@H]1NC(=O)[C@H]2NC(=O)[C@H](NC(=O)[C@H](NC(=O)C(F)(F)F)c3cc(c(O)c(OS(C)(=O)=O)c3)Oc3ccc(cc3Cl)[C@H]2O)c2ccc(OCc3ccccc3)c(c2)-c2c(OCc3ccccc3)cc(OCc3ccccc3)cc21. The molecule has 0 saturated heterocycles. The first-order chi connectivity index (χ1) is 39.1. The highest BCUT2D eigenvalue weighted by Crippen LogP contribution is 2.47. The molecule has 82 heavy (non-hydrogen) atoms. The van der Waals surface area contributed by atoms with Gasteiger partial charge in [0.05, 0.1) is 11.3 Å². The molecule has 0 saturated carbocycles. The van der Waals surface area contributed by atoms with E-state index in [1.807, 2.05) is 30.3 Å². The van der Waals surface area contributed by atoms with Gasteiger partial charge >= 0.3 is 22.2 Å². The van der Waals surface area contributed by atoms with Crippen molar-refractivity contribution in [3.63, 3.8) is 0 Å². The lowest BCUT2D eigenvalue weighted by Crippen LogP contribution is -2.55. The van der Waals surface area contributed by atoms with Crippen molar-refractivity contribution in [3.8, 4) is 51.4 Å². The fraction of sp³-hybridized carbons (Fsp3) is 0.190. The van der Waals surface area contributed by atoms with Gasteiger partial charge in [-0.1, -0.05) is 115 Å². The number of aliphatic hydroxyl groups excluding tert-OH is 1. The lowest BCUT2D eigenvalue weighted by molar-refractivity contribution is -0.174. The monoisotopic (exact) mass is 1160 g/mol. The average Bonchev–Trinajstić information content (AvgIpc) is 3.50. The fourth-order valence-electron chi connectivity index (χ4n) is 8.98. The minimum absolute atomic E-state index is 0.000579. The minimum Gasteiger partial charge on any atom is -0.502 e. The number of phenols is 1. The van der Waals surface area contributed by atoms with Gasteiger partial charge in [-0.2, -0.15) is 21.6 Å². The molecule has 19 nitrogen and oxygen atoms in total. The Balaban J connectivity index is 1.33. The molecule has 0 unspecified atom stereocenters. The van der Waals surface area contributed by atoms with Crippen LogP contribution in [0, 0.1) is 0 Å². The van der Waals surface area contributed by atoms with Crippen molar-refractivity contribution < 1.29 is 78.9 Å². The number of halogens is 4. The number of carbonyl (C=O) groups is 5. The molecule has 7 aromatic carbocycles. The number of amides is 5. The van der Waals surface area contributed by atoms with E-state index in [0.717, 1.165) is 23.8 Å². The van der Waals surface area contributed by atoms with E-state index in [1.165, 1.54) is 43.4 Å². The third kappa shape index (κ3) is 13.3. The van der Waals surface area contributed by atoms with Crippen LogP contribution in [0.1, 0.15) is 63.2 Å². The van der Waals surface area contributed by atoms with Crippen molar-refractivity contribution in [1.82, 2.24) is 26.6 Å². The molecule has 0 fully saturated rings. The van der Waals surface area contributed by atoms with Crippen molar-refractivity contribution in [1.29, 1.82) is 0 Å². The zero-order chi connectivity index (χ0) is 58.5. The number of likely N-dealkylation sites (N-methyl/N-ethyl adjacent to an activating group) is 1. The molecule has 5 atom stereocenters. The van der Waals surface area contributed by atoms with E-state index < -0.39 is 98.9 Å². The summed E-state index contributed by atoms with van der Waals surface area (Å²) in [5.41, 5.74) is 1.18. The van der Waals surface area contributed by atoms with Crippen LogP contribution < -0.4 is 49.7 Å². The number of aromatic hydroxyl groups is 1. The standard InChI is InChI=1S/C58H49ClF3N5O14S/c1-63-53(70)49-39-26-37(77-28-31-12-6-3-7-13-31)27-43(79-30-33-16-10-5-11-17-33)46(39)38-22-34(18-20-41(38)78-29-32-14-8-4-9-15-32)47-54(71)66-50(56(73)65-49)51(68)35-19-21-42(40(59)23-35)80-44-24-36(25-45(52(44)69)81-82(2,75)76)48(55(72)64-47)67-57(74)58(60,61)62/h3-27,47-51,68-69H,28-30H2,1-2H3,(H,63,70)(H,64,72)(H,65,73)(H,66,71)(H,67,74)/t47-,48-,49+,50+,51-/m1/s1. The molecule has 3 aliphatic heterocycles. The van der Waals surface area contributed by atoms with Gasteiger partial charge in [0, 0.05) is 24.2 Å². The molecule has 24 heteroatoms. The summed E-state index contributed by atoms with van der Waals surface area (Å²) in [5, 5.41) is 34.9. The zero-order valence-corrected chi connectivity index (χ0v) is 44.7. The highest BCUT2D eigenvalue weighted by atomic mass is 35.5. The maximum atomic E-state index is 15.3. The Kier molecular flexibility index (Phi) is 16.9. The molecule has 3 heterocycles. The first-order valence-electron chi connectivity index (χ1n) is 24.9. The third-order valence-corrected chi connectivity index (χ3v) is 13.7. The number of rotatable bonds is 13. The van der Waals surface area contributed by atoms with Crippen LogP contribution >= 0.6 is 11.6 Å². The fourth-order valence-corrected chi connectivity index (χ4v) is 9.66. The summed E-state index contributed by atoms with van der Waals surface area (Å²) in [7, 11) is -3.25. The topological polar surface area (TPSA) is 266 Å². The van der Waals surface area contributed by atoms with E-state index in [1.54, 1.807) is 66.0 Å². The molecular formula is C58H49ClF3N5O14S. The summed E-state index contributed by atoms with van der Waals surface area (Å²) in [6.45, 7) is -0.174. The highest BCUT2D eigenvalue weighted by Gasteiger charge is 2.44. The van der Waals surface area contributed by atoms with Gasteiger partial charge in [-0.25, -0.2) is 0 Å². The smallest absolute Gasteiger partial charge is 0.471 e. The Morgan fingerprint density at radius 3 is 1.85 bits per heavy atom. The van der Waals surface area contributed by atoms with Crippen LogP contribution in [-0.4, -0.2) is 73.7 Å². The van der Waals surface area contributed by atoms with Crippen LogP contribution in [-0.2, 0) is 53.9 Å². The van der Waals surface area contributed by atoms with E-state index in [2.05, 4.69) is 21.3 Å². The molecule has 7 aromatic rings. The van der Waals surface area contributed by atoms with E-state index in [9.17, 15) is 41.4 Å². The predicted octanol–water partition coefficient (Wildman–Crippen LogP) is 7.61. The molecule has 3 aliphatic rings. The maximum absolute atomic E-state index is 15.3. The second kappa shape index (κ2) is 24.2. The van der Waals surface area contributed by atoms with Gasteiger partial charge < -0.3 is 59.9 Å². The first-order valence-corrected chi connectivity index (χ1v) is 27.1. The van der Waals surface area contributed by atoms with Gasteiger partial charge in [0.2, 0.25) is 29.4 Å². The number of hydrogen-bond donors (Lipinski definition) is 7. The lowest BCUT2D eigenvalue weighted by Gasteiger charge is -2.31. The van der Waals surface area contributed by atoms with Crippen molar-refractivity contribution in [2.45, 2.75) is 56.3 Å². The van der Waals surface area contributed by atoms with E-state index >= 15 is 14.4 Å². The summed E-state index contributed by atoms with van der Waals surface area (Å²) < 4.78 is 98.2. The maximum Gasteiger partial charge on any atom is 0.471 e. The molecule has 0 spiro atoms. The first kappa shape index (κ1) is 57.4. The number of hydrogen-bond acceptors (Lipinski definition) is 14. The quantitative estimate of drug-likeness (QED) is 0.0548. The van der Waals surface area contributed by atoms with E-state index in [-0.39, 0.29) is 75.7 Å². The third-order valence-electron chi connectivity index (χ3n) is 12.9. The molecule has 10 rings (SSSR count). The average molecular weight is 1160 g/mol. The normalized spacial score (nSPS) is 17.9. The van der Waals surface area contributed by atoms with Crippen molar-refractivity contribution in [2.24, 2.45) is 0 Å². The van der Waals surface area contributed by atoms with Gasteiger partial charge in [0.25, 0.3) is 0 Å². The molecule has 5 amide bonds. The van der Waals surface area contributed by atoms with Crippen molar-refractivity contribution >= 4 is 51.3 Å². The van der Waals surface area contributed by atoms with Crippen LogP contribution in [0.5, 0.6) is 40.2 Å². The Labute approximate surface area is 471 Å². The number of aliphatic hydroxyl groups is 1. The molecule has 0 radical (unpaired) electrons. The molecule has 424 valence electrons. The number of fused-ring (bicyclic) bond motifs is 8. The summed E-state index contributed by atoms with van der Waals surface area (Å²) in [6, 6.07) is 30.4. The van der Waals surface area contributed by atoms with Crippen molar-refractivity contribution in [2.75, 3.05) is 13.3 Å².